The third-order valence-corrected chi connectivity index (χ3v) is 6.26. The zero-order valence-electron chi connectivity index (χ0n) is 19.6. The van der Waals surface area contributed by atoms with Crippen LogP contribution >= 0.6 is 0 Å². The van der Waals surface area contributed by atoms with E-state index < -0.39 is 35.1 Å². The smallest absolute Gasteiger partial charge is 0.466 e. The molecule has 0 aliphatic carbocycles. The molecule has 1 aromatic rings. The van der Waals surface area contributed by atoms with E-state index in [9.17, 15) is 24.8 Å². The number of carbonyl (C=O) groups excluding carboxylic acids is 2. The number of ether oxygens (including phenoxy) is 1. The number of aliphatic hydroxyl groups is 1. The van der Waals surface area contributed by atoms with Gasteiger partial charge in [0.15, 0.2) is 0 Å². The molecule has 0 radical (unpaired) electrons. The van der Waals surface area contributed by atoms with Crippen LogP contribution in [0.1, 0.15) is 33.3 Å². The van der Waals surface area contributed by atoms with Gasteiger partial charge in [0.25, 0.3) is 11.6 Å². The molecular weight excluding hydrogens is 433 g/mol. The zero-order valence-corrected chi connectivity index (χ0v) is 19.6. The minimum atomic E-state index is -0.806. The van der Waals surface area contributed by atoms with E-state index in [-0.39, 0.29) is 42.3 Å². The Morgan fingerprint density at radius 3 is 2.42 bits per heavy atom. The van der Waals surface area contributed by atoms with Gasteiger partial charge in [-0.3, -0.25) is 14.9 Å². The van der Waals surface area contributed by atoms with Crippen molar-refractivity contribution in [3.8, 4) is 0 Å². The second-order valence-corrected chi connectivity index (χ2v) is 9.00. The Morgan fingerprint density at radius 2 is 1.91 bits per heavy atom. The fraction of sp³-hybridized carbons (Fsp3) is 0.524. The molecule has 12 heteroatoms. The van der Waals surface area contributed by atoms with Crippen LogP contribution in [0, 0.1) is 17.0 Å². The van der Waals surface area contributed by atoms with Crippen molar-refractivity contribution in [3.63, 3.8) is 0 Å². The number of methoxy groups -OCH3 is 1. The molecule has 1 amide bonds. The van der Waals surface area contributed by atoms with Crippen molar-refractivity contribution in [2.24, 2.45) is 0 Å². The Labute approximate surface area is 192 Å². The van der Waals surface area contributed by atoms with E-state index in [0.717, 1.165) is 0 Å². The highest BCUT2D eigenvalue weighted by Gasteiger charge is 2.52. The number of hydrogen-bond donors (Lipinski definition) is 2. The first-order chi connectivity index (χ1) is 15.3. The number of nitrogens with zero attached hydrogens (tertiary/aromatic N) is 2. The summed E-state index contributed by atoms with van der Waals surface area (Å²) in [5, 5.41) is 23.9. The molecule has 0 saturated carbocycles. The summed E-state index contributed by atoms with van der Waals surface area (Å²) >= 11 is 0. The predicted octanol–water partition coefficient (Wildman–Crippen LogP) is 0.876. The van der Waals surface area contributed by atoms with Gasteiger partial charge >= 0.3 is 13.1 Å². The van der Waals surface area contributed by atoms with E-state index in [2.05, 4.69) is 5.32 Å². The van der Waals surface area contributed by atoms with Crippen molar-refractivity contribution >= 4 is 35.8 Å². The molecule has 2 heterocycles. The lowest BCUT2D eigenvalue weighted by Gasteiger charge is -2.32. The van der Waals surface area contributed by atoms with E-state index in [1.165, 1.54) is 18.1 Å². The topological polar surface area (TPSA) is 140 Å². The normalized spacial score (nSPS) is 19.3. The summed E-state index contributed by atoms with van der Waals surface area (Å²) in [6.45, 7) is 8.82. The number of aryl methyl sites for hydroxylation is 1. The van der Waals surface area contributed by atoms with Crippen LogP contribution in [-0.4, -0.2) is 71.9 Å². The summed E-state index contributed by atoms with van der Waals surface area (Å²) in [5.74, 6) is -1.30. The molecule has 0 atom stereocenters. The van der Waals surface area contributed by atoms with Crippen LogP contribution in [0.25, 0.3) is 0 Å². The van der Waals surface area contributed by atoms with Crippen molar-refractivity contribution in [2.45, 2.75) is 45.8 Å². The van der Waals surface area contributed by atoms with E-state index in [1.807, 2.05) is 27.7 Å². The number of nitro benzene ring substituents is 1. The van der Waals surface area contributed by atoms with Gasteiger partial charge in [0.1, 0.15) is 11.4 Å². The van der Waals surface area contributed by atoms with Crippen molar-refractivity contribution in [2.75, 3.05) is 32.1 Å². The quantitative estimate of drug-likeness (QED) is 0.262. The Hall–Kier alpha value is -2.96. The molecule has 2 N–H and O–H groups in total. The molecule has 1 saturated heterocycles. The first-order valence-electron chi connectivity index (χ1n) is 10.5. The molecule has 2 aliphatic rings. The molecule has 0 bridgehead atoms. The summed E-state index contributed by atoms with van der Waals surface area (Å²) in [5.41, 5.74) is -0.650. The number of aliphatic hydroxyl groups excluding tert-OH is 1. The summed E-state index contributed by atoms with van der Waals surface area (Å²) < 4.78 is 16.8. The highest BCUT2D eigenvalue weighted by molar-refractivity contribution is 6.62. The number of esters is 1. The Bertz CT molecular complexity index is 1020. The number of benzene rings is 1. The Morgan fingerprint density at radius 1 is 1.30 bits per heavy atom. The first-order valence-corrected chi connectivity index (χ1v) is 10.5. The zero-order chi connectivity index (χ0) is 24.7. The SMILES string of the molecule is COC(=O)C1=C(Nc2c(C)cc(B3OC(C)(C)C(C)(C)O3)cc2[N+](=O)[O-])C(=O)N(CCO)C1. The van der Waals surface area contributed by atoms with Gasteiger partial charge < -0.3 is 29.4 Å². The number of nitrogens with one attached hydrogen (secondary N) is 1. The third-order valence-electron chi connectivity index (χ3n) is 6.26. The van der Waals surface area contributed by atoms with Crippen LogP contribution in [0.3, 0.4) is 0 Å². The van der Waals surface area contributed by atoms with E-state index in [4.69, 9.17) is 14.0 Å². The van der Waals surface area contributed by atoms with Gasteiger partial charge in [-0.15, -0.1) is 0 Å². The second-order valence-electron chi connectivity index (χ2n) is 9.00. The third kappa shape index (κ3) is 4.46. The van der Waals surface area contributed by atoms with Crippen LogP contribution < -0.4 is 10.8 Å². The second kappa shape index (κ2) is 8.77. The maximum atomic E-state index is 12.8. The standard InChI is InChI=1S/C21H28BN3O8/c1-12-9-13(22-32-20(2,3)21(4,5)33-22)10-15(25(29)30)16(12)23-17-14(19(28)31-6)11-24(7-8-26)18(17)27/h9-10,23,26H,7-8,11H2,1-6H3. The maximum absolute atomic E-state index is 12.8. The molecule has 178 valence electrons. The van der Waals surface area contributed by atoms with Gasteiger partial charge in [-0.25, -0.2) is 4.79 Å². The number of amides is 1. The summed E-state index contributed by atoms with van der Waals surface area (Å²) in [4.78, 5) is 37.7. The number of rotatable bonds is 7. The van der Waals surface area contributed by atoms with Gasteiger partial charge in [-0.05, 0) is 45.6 Å². The molecule has 11 nitrogen and oxygen atoms in total. The van der Waals surface area contributed by atoms with Gasteiger partial charge in [0.2, 0.25) is 0 Å². The van der Waals surface area contributed by atoms with Gasteiger partial charge in [0.05, 0.1) is 42.0 Å². The lowest BCUT2D eigenvalue weighted by molar-refractivity contribution is -0.383. The van der Waals surface area contributed by atoms with E-state index >= 15 is 0 Å². The Kier molecular flexibility index (Phi) is 6.56. The van der Waals surface area contributed by atoms with Crippen LogP contribution in [0.2, 0.25) is 0 Å². The number of carbonyl (C=O) groups is 2. The van der Waals surface area contributed by atoms with E-state index in [0.29, 0.717) is 11.0 Å². The Balaban J connectivity index is 2.03. The monoisotopic (exact) mass is 461 g/mol. The van der Waals surface area contributed by atoms with E-state index in [1.54, 1.807) is 13.0 Å². The maximum Gasteiger partial charge on any atom is 0.495 e. The van der Waals surface area contributed by atoms with Gasteiger partial charge in [-0.1, -0.05) is 6.07 Å². The predicted molar refractivity (Wildman–Crippen MR) is 120 cm³/mol. The van der Waals surface area contributed by atoms with Crippen molar-refractivity contribution in [1.29, 1.82) is 0 Å². The van der Waals surface area contributed by atoms with Crippen LogP contribution in [0.5, 0.6) is 0 Å². The molecule has 33 heavy (non-hydrogen) atoms. The minimum absolute atomic E-state index is 0.00640. The van der Waals surface area contributed by atoms with Crippen molar-refractivity contribution < 1.29 is 33.7 Å². The van der Waals surface area contributed by atoms with Gasteiger partial charge in [-0.2, -0.15) is 0 Å². The van der Waals surface area contributed by atoms with Crippen molar-refractivity contribution in [3.05, 3.63) is 39.1 Å². The average Bonchev–Trinajstić information content (AvgIpc) is 3.15. The van der Waals surface area contributed by atoms with Crippen LogP contribution in [0.15, 0.2) is 23.4 Å². The van der Waals surface area contributed by atoms with Gasteiger partial charge in [0, 0.05) is 12.6 Å². The molecule has 2 aliphatic heterocycles. The summed E-state index contributed by atoms with van der Waals surface area (Å²) in [6.07, 6.45) is 0. The minimum Gasteiger partial charge on any atom is -0.466 e. The highest BCUT2D eigenvalue weighted by Crippen LogP contribution is 2.38. The molecule has 1 fully saturated rings. The van der Waals surface area contributed by atoms with Crippen molar-refractivity contribution in [1.82, 2.24) is 4.90 Å². The molecule has 1 aromatic carbocycles. The molecule has 0 spiro atoms. The average molecular weight is 461 g/mol. The van der Waals surface area contributed by atoms with Crippen LogP contribution in [-0.2, 0) is 23.6 Å². The molecule has 3 rings (SSSR count). The number of hydrogen-bond acceptors (Lipinski definition) is 9. The largest absolute Gasteiger partial charge is 0.495 e. The summed E-state index contributed by atoms with van der Waals surface area (Å²) in [6, 6.07) is 3.02. The number of nitro groups is 1. The molecular formula is C21H28BN3O8. The lowest BCUT2D eigenvalue weighted by atomic mass is 9.78. The van der Waals surface area contributed by atoms with Crippen LogP contribution in [0.4, 0.5) is 11.4 Å². The highest BCUT2D eigenvalue weighted by atomic mass is 16.7. The molecule has 0 unspecified atom stereocenters. The fourth-order valence-corrected chi connectivity index (χ4v) is 3.69. The first kappa shape index (κ1) is 24.7. The molecule has 0 aromatic heterocycles. The number of anilines is 1. The summed E-state index contributed by atoms with van der Waals surface area (Å²) in [7, 11) is 0.374. The lowest BCUT2D eigenvalue weighted by Crippen LogP contribution is -2.41. The fourth-order valence-electron chi connectivity index (χ4n) is 3.69. The number of β-amino-alcohol motifs (C(OH)–C–C–N with tert-alkyl or cyclic N) is 1.